The SMILES string of the molecule is C=CCNC(=O)CSc1nc(O)cc(=O)n1-c1cccc(C)c1. The number of amides is 1. The number of aromatic hydroxyl groups is 1. The molecule has 0 saturated heterocycles. The van der Waals surface area contributed by atoms with Crippen LogP contribution in [0, 0.1) is 6.92 Å². The normalized spacial score (nSPS) is 10.3. The van der Waals surface area contributed by atoms with E-state index in [1.807, 2.05) is 25.1 Å². The number of hydrogen-bond donors (Lipinski definition) is 2. The van der Waals surface area contributed by atoms with Gasteiger partial charge in [0.05, 0.1) is 17.5 Å². The summed E-state index contributed by atoms with van der Waals surface area (Å²) >= 11 is 1.08. The van der Waals surface area contributed by atoms with Crippen LogP contribution >= 0.6 is 11.8 Å². The standard InChI is InChI=1S/C16H17N3O3S/c1-3-7-17-14(21)10-23-16-18-13(20)9-15(22)19(16)12-6-4-5-11(2)8-12/h3-6,8-9,20H,1,7,10H2,2H3,(H,17,21). The second-order valence-corrected chi connectivity index (χ2v) is 5.73. The van der Waals surface area contributed by atoms with Crippen molar-refractivity contribution in [3.8, 4) is 11.6 Å². The summed E-state index contributed by atoms with van der Waals surface area (Å²) in [5, 5.41) is 12.5. The van der Waals surface area contributed by atoms with Gasteiger partial charge in [0.2, 0.25) is 11.8 Å². The molecule has 0 atom stereocenters. The number of benzene rings is 1. The molecule has 2 N–H and O–H groups in total. The van der Waals surface area contributed by atoms with Crippen LogP contribution in [0.4, 0.5) is 0 Å². The summed E-state index contributed by atoms with van der Waals surface area (Å²) in [6, 6.07) is 8.40. The van der Waals surface area contributed by atoms with Crippen molar-refractivity contribution in [2.75, 3.05) is 12.3 Å². The fraction of sp³-hybridized carbons (Fsp3) is 0.188. The Kier molecular flexibility index (Phi) is 5.59. The van der Waals surface area contributed by atoms with E-state index in [1.165, 1.54) is 4.57 Å². The van der Waals surface area contributed by atoms with Gasteiger partial charge in [-0.25, -0.2) is 0 Å². The fourth-order valence-electron chi connectivity index (χ4n) is 1.92. The third-order valence-electron chi connectivity index (χ3n) is 2.91. The van der Waals surface area contributed by atoms with E-state index in [9.17, 15) is 14.7 Å². The number of carbonyl (C=O) groups is 1. The van der Waals surface area contributed by atoms with E-state index in [0.717, 1.165) is 23.4 Å². The van der Waals surface area contributed by atoms with Crippen molar-refractivity contribution in [2.24, 2.45) is 0 Å². The maximum atomic E-state index is 12.2. The lowest BCUT2D eigenvalue weighted by atomic mass is 10.2. The maximum Gasteiger partial charge on any atom is 0.262 e. The molecule has 0 unspecified atom stereocenters. The van der Waals surface area contributed by atoms with E-state index in [-0.39, 0.29) is 22.7 Å². The van der Waals surface area contributed by atoms with Crippen LogP contribution in [0.2, 0.25) is 0 Å². The molecule has 2 rings (SSSR count). The third kappa shape index (κ3) is 4.46. The van der Waals surface area contributed by atoms with Gasteiger partial charge in [0.25, 0.3) is 5.56 Å². The molecule has 0 aliphatic carbocycles. The van der Waals surface area contributed by atoms with E-state index >= 15 is 0 Å². The van der Waals surface area contributed by atoms with Crippen LogP contribution in [0.15, 0.2) is 52.9 Å². The molecule has 1 heterocycles. The fourth-order valence-corrected chi connectivity index (χ4v) is 2.76. The summed E-state index contributed by atoms with van der Waals surface area (Å²) in [5.74, 6) is -0.494. The first kappa shape index (κ1) is 16.8. The number of nitrogens with one attached hydrogen (secondary N) is 1. The van der Waals surface area contributed by atoms with E-state index in [1.54, 1.807) is 12.1 Å². The largest absolute Gasteiger partial charge is 0.493 e. The second kappa shape index (κ2) is 7.64. The van der Waals surface area contributed by atoms with Gasteiger partial charge in [-0.15, -0.1) is 6.58 Å². The molecule has 0 aliphatic heterocycles. The highest BCUT2D eigenvalue weighted by molar-refractivity contribution is 7.99. The molecule has 23 heavy (non-hydrogen) atoms. The molecule has 1 amide bonds. The Morgan fingerprint density at radius 1 is 1.48 bits per heavy atom. The van der Waals surface area contributed by atoms with Crippen molar-refractivity contribution < 1.29 is 9.90 Å². The topological polar surface area (TPSA) is 84.2 Å². The molecule has 6 nitrogen and oxygen atoms in total. The van der Waals surface area contributed by atoms with E-state index in [0.29, 0.717) is 12.2 Å². The van der Waals surface area contributed by atoms with Crippen LogP contribution in [0.3, 0.4) is 0 Å². The summed E-state index contributed by atoms with van der Waals surface area (Å²) in [6.07, 6.45) is 1.58. The molecule has 7 heteroatoms. The molecule has 0 spiro atoms. The van der Waals surface area contributed by atoms with Crippen LogP contribution in [-0.4, -0.2) is 32.9 Å². The first-order valence-electron chi connectivity index (χ1n) is 6.92. The Hall–Kier alpha value is -2.54. The zero-order valence-electron chi connectivity index (χ0n) is 12.7. The Bertz CT molecular complexity index is 786. The summed E-state index contributed by atoms with van der Waals surface area (Å²) in [7, 11) is 0. The van der Waals surface area contributed by atoms with Gasteiger partial charge in [0.15, 0.2) is 5.16 Å². The number of aromatic nitrogens is 2. The van der Waals surface area contributed by atoms with Crippen molar-refractivity contribution in [3.05, 3.63) is 58.9 Å². The first-order chi connectivity index (χ1) is 11.0. The van der Waals surface area contributed by atoms with Gasteiger partial charge >= 0.3 is 0 Å². The van der Waals surface area contributed by atoms with Gasteiger partial charge in [-0.1, -0.05) is 30.0 Å². The number of thioether (sulfide) groups is 1. The molecule has 120 valence electrons. The van der Waals surface area contributed by atoms with E-state index in [4.69, 9.17) is 0 Å². The quantitative estimate of drug-likeness (QED) is 0.478. The summed E-state index contributed by atoms with van der Waals surface area (Å²) in [4.78, 5) is 27.9. The number of aryl methyl sites for hydroxylation is 1. The monoisotopic (exact) mass is 331 g/mol. The van der Waals surface area contributed by atoms with Gasteiger partial charge in [0, 0.05) is 6.54 Å². The molecule has 0 bridgehead atoms. The molecule has 0 saturated carbocycles. The van der Waals surface area contributed by atoms with Crippen LogP contribution < -0.4 is 10.9 Å². The molecule has 0 aliphatic rings. The van der Waals surface area contributed by atoms with Crippen LogP contribution in [0.25, 0.3) is 5.69 Å². The number of rotatable bonds is 6. The number of nitrogens with zero attached hydrogens (tertiary/aromatic N) is 2. The van der Waals surface area contributed by atoms with Gasteiger partial charge < -0.3 is 10.4 Å². The van der Waals surface area contributed by atoms with Crippen LogP contribution in [0.5, 0.6) is 5.88 Å². The van der Waals surface area contributed by atoms with E-state index < -0.39 is 5.56 Å². The summed E-state index contributed by atoms with van der Waals surface area (Å²) in [6.45, 7) is 5.81. The molecule has 2 aromatic rings. The Morgan fingerprint density at radius 3 is 2.96 bits per heavy atom. The third-order valence-corrected chi connectivity index (χ3v) is 3.85. The first-order valence-corrected chi connectivity index (χ1v) is 7.90. The van der Waals surface area contributed by atoms with Crippen molar-refractivity contribution in [3.63, 3.8) is 0 Å². The molecule has 0 radical (unpaired) electrons. The second-order valence-electron chi connectivity index (χ2n) is 4.79. The molecule has 0 fully saturated rings. The minimum absolute atomic E-state index is 0.0789. The lowest BCUT2D eigenvalue weighted by Crippen LogP contribution is -2.26. The Labute approximate surface area is 137 Å². The van der Waals surface area contributed by atoms with Gasteiger partial charge in [-0.05, 0) is 24.6 Å². The summed E-state index contributed by atoms with van der Waals surface area (Å²) in [5.41, 5.74) is 1.22. The van der Waals surface area contributed by atoms with Crippen molar-refractivity contribution in [1.29, 1.82) is 0 Å². The average molecular weight is 331 g/mol. The predicted octanol–water partition coefficient (Wildman–Crippen LogP) is 1.64. The molecular weight excluding hydrogens is 314 g/mol. The minimum Gasteiger partial charge on any atom is -0.493 e. The highest BCUT2D eigenvalue weighted by Gasteiger charge is 2.13. The van der Waals surface area contributed by atoms with Crippen molar-refractivity contribution in [1.82, 2.24) is 14.9 Å². The van der Waals surface area contributed by atoms with Gasteiger partial charge in [-0.2, -0.15) is 4.98 Å². The maximum absolute atomic E-state index is 12.2. The summed E-state index contributed by atoms with van der Waals surface area (Å²) < 4.78 is 1.37. The van der Waals surface area contributed by atoms with Gasteiger partial charge in [-0.3, -0.25) is 14.2 Å². The van der Waals surface area contributed by atoms with Crippen molar-refractivity contribution in [2.45, 2.75) is 12.1 Å². The smallest absolute Gasteiger partial charge is 0.262 e. The Morgan fingerprint density at radius 2 is 2.26 bits per heavy atom. The van der Waals surface area contributed by atoms with Gasteiger partial charge in [0.1, 0.15) is 0 Å². The predicted molar refractivity (Wildman–Crippen MR) is 90.2 cm³/mol. The minimum atomic E-state index is -0.405. The zero-order valence-corrected chi connectivity index (χ0v) is 13.5. The zero-order chi connectivity index (χ0) is 16.8. The molecule has 1 aromatic carbocycles. The lowest BCUT2D eigenvalue weighted by molar-refractivity contribution is -0.118. The van der Waals surface area contributed by atoms with Crippen LogP contribution in [-0.2, 0) is 4.79 Å². The molecule has 1 aromatic heterocycles. The lowest BCUT2D eigenvalue weighted by Gasteiger charge is -2.12. The van der Waals surface area contributed by atoms with Crippen molar-refractivity contribution >= 4 is 17.7 Å². The molecular formula is C16H17N3O3S. The van der Waals surface area contributed by atoms with E-state index in [2.05, 4.69) is 16.9 Å². The Balaban J connectivity index is 2.33. The number of hydrogen-bond acceptors (Lipinski definition) is 5. The average Bonchev–Trinajstić information content (AvgIpc) is 2.50. The number of carbonyl (C=O) groups excluding carboxylic acids is 1. The highest BCUT2D eigenvalue weighted by Crippen LogP contribution is 2.20. The highest BCUT2D eigenvalue weighted by atomic mass is 32.2. The van der Waals surface area contributed by atoms with Crippen LogP contribution in [0.1, 0.15) is 5.56 Å².